The molecule has 0 amide bonds. The molecule has 10 heteroatoms. The van der Waals surface area contributed by atoms with E-state index in [1.165, 1.54) is 15.9 Å². The molecule has 0 radical (unpaired) electrons. The molecule has 0 aliphatic heterocycles. The number of aromatic nitrogens is 5. The lowest BCUT2D eigenvalue weighted by atomic mass is 10.0. The predicted molar refractivity (Wildman–Crippen MR) is 174 cm³/mol. The lowest BCUT2D eigenvalue weighted by Crippen LogP contribution is -2.23. The Morgan fingerprint density at radius 3 is 2.50 bits per heavy atom. The third-order valence-electron chi connectivity index (χ3n) is 7.01. The molecule has 0 aliphatic carbocycles. The van der Waals surface area contributed by atoms with E-state index in [9.17, 15) is 4.79 Å². The van der Waals surface area contributed by atoms with Gasteiger partial charge in [-0.3, -0.25) is 4.79 Å². The highest BCUT2D eigenvalue weighted by Gasteiger charge is 2.16. The molecule has 0 aliphatic rings. The number of ether oxygens (including phenoxy) is 3. The predicted octanol–water partition coefficient (Wildman–Crippen LogP) is 5.84. The second kappa shape index (κ2) is 12.6. The Labute approximate surface area is 258 Å². The fraction of sp³-hybridized carbons (Fsp3) is 0.176. The Bertz CT molecular complexity index is 2080. The SMILES string of the molecule is CCCOc1ccc(/C=C/c2nc3s/c(=C\c4cn(-c5ccccc5)nc4-c4ccc(OC)cc4C)c(=O)n3n2)cc1OC. The standard InChI is InChI=1S/C34H31N5O4S/c1-5-17-43-28-15-11-23(19-29(28)42-4)12-16-31-35-34-39(36-31)33(40)30(44-34)20-24-21-38(25-9-7-6-8-10-25)37-32(24)27-14-13-26(41-3)18-22(27)2/h6-16,18-21H,5,17H2,1-4H3/b16-12+,30-20-. The van der Waals surface area contributed by atoms with Crippen LogP contribution in [0.1, 0.15) is 35.9 Å². The second-order valence-corrected chi connectivity index (χ2v) is 11.1. The number of nitrogens with zero attached hydrogens (tertiary/aromatic N) is 5. The van der Waals surface area contributed by atoms with E-state index in [1.807, 2.05) is 96.7 Å². The maximum absolute atomic E-state index is 13.4. The number of aryl methyl sites for hydroxylation is 1. The number of hydrogen-bond acceptors (Lipinski definition) is 8. The molecule has 0 atom stereocenters. The molecule has 6 aromatic rings. The first-order chi connectivity index (χ1) is 21.5. The van der Waals surface area contributed by atoms with Crippen LogP contribution in [0.5, 0.6) is 17.2 Å². The summed E-state index contributed by atoms with van der Waals surface area (Å²) in [5, 5.41) is 9.38. The summed E-state index contributed by atoms with van der Waals surface area (Å²) in [6.07, 6.45) is 8.36. The summed E-state index contributed by atoms with van der Waals surface area (Å²) >= 11 is 1.29. The fourth-order valence-corrected chi connectivity index (χ4v) is 5.70. The molecule has 3 heterocycles. The zero-order valence-electron chi connectivity index (χ0n) is 24.9. The van der Waals surface area contributed by atoms with Crippen molar-refractivity contribution in [3.05, 3.63) is 110 Å². The quantitative estimate of drug-likeness (QED) is 0.194. The van der Waals surface area contributed by atoms with Crippen molar-refractivity contribution < 1.29 is 14.2 Å². The molecule has 0 saturated carbocycles. The molecule has 0 spiro atoms. The molecular formula is C34H31N5O4S. The number of fused-ring (bicyclic) bond motifs is 1. The number of methoxy groups -OCH3 is 2. The van der Waals surface area contributed by atoms with Gasteiger partial charge in [-0.25, -0.2) is 4.68 Å². The van der Waals surface area contributed by atoms with E-state index in [4.69, 9.17) is 19.3 Å². The van der Waals surface area contributed by atoms with Crippen LogP contribution in [0.3, 0.4) is 0 Å². The van der Waals surface area contributed by atoms with Crippen molar-refractivity contribution >= 4 is 34.5 Å². The summed E-state index contributed by atoms with van der Waals surface area (Å²) in [7, 11) is 3.26. The van der Waals surface area contributed by atoms with Gasteiger partial charge in [-0.05, 0) is 79.1 Å². The highest BCUT2D eigenvalue weighted by Crippen LogP contribution is 2.30. The maximum Gasteiger partial charge on any atom is 0.291 e. The zero-order valence-corrected chi connectivity index (χ0v) is 25.7. The summed E-state index contributed by atoms with van der Waals surface area (Å²) < 4.78 is 20.3. The van der Waals surface area contributed by atoms with Crippen molar-refractivity contribution in [3.63, 3.8) is 0 Å². The monoisotopic (exact) mass is 605 g/mol. The first-order valence-corrected chi connectivity index (χ1v) is 15.0. The lowest BCUT2D eigenvalue weighted by molar-refractivity contribution is 0.294. The normalized spacial score (nSPS) is 12.0. The van der Waals surface area contributed by atoms with E-state index in [2.05, 4.69) is 17.0 Å². The van der Waals surface area contributed by atoms with Crippen molar-refractivity contribution in [1.82, 2.24) is 24.4 Å². The van der Waals surface area contributed by atoms with Crippen LogP contribution in [0, 0.1) is 6.92 Å². The van der Waals surface area contributed by atoms with Gasteiger partial charge in [-0.1, -0.05) is 48.6 Å². The summed E-state index contributed by atoms with van der Waals surface area (Å²) in [6.45, 7) is 4.70. The Morgan fingerprint density at radius 2 is 1.77 bits per heavy atom. The molecule has 0 bridgehead atoms. The minimum Gasteiger partial charge on any atom is -0.497 e. The first-order valence-electron chi connectivity index (χ1n) is 14.2. The van der Waals surface area contributed by atoms with Gasteiger partial charge in [0.1, 0.15) is 11.4 Å². The summed E-state index contributed by atoms with van der Waals surface area (Å²) in [5.74, 6) is 2.57. The largest absolute Gasteiger partial charge is 0.497 e. The third kappa shape index (κ3) is 5.84. The summed E-state index contributed by atoms with van der Waals surface area (Å²) in [6, 6.07) is 21.5. The number of para-hydroxylation sites is 1. The summed E-state index contributed by atoms with van der Waals surface area (Å²) in [5.41, 5.74) is 5.12. The molecule has 0 fully saturated rings. The van der Waals surface area contributed by atoms with Crippen molar-refractivity contribution in [3.8, 4) is 34.2 Å². The van der Waals surface area contributed by atoms with Crippen LogP contribution in [0.25, 0.3) is 40.1 Å². The van der Waals surface area contributed by atoms with Gasteiger partial charge in [0.25, 0.3) is 5.56 Å². The van der Waals surface area contributed by atoms with E-state index >= 15 is 0 Å². The van der Waals surface area contributed by atoms with Gasteiger partial charge in [0, 0.05) is 17.3 Å². The van der Waals surface area contributed by atoms with Crippen LogP contribution < -0.4 is 24.3 Å². The molecule has 0 saturated heterocycles. The molecule has 0 unspecified atom stereocenters. The highest BCUT2D eigenvalue weighted by molar-refractivity contribution is 7.15. The van der Waals surface area contributed by atoms with E-state index < -0.39 is 0 Å². The van der Waals surface area contributed by atoms with Gasteiger partial charge in [0.05, 0.1) is 31.0 Å². The van der Waals surface area contributed by atoms with Crippen LogP contribution in [0.2, 0.25) is 0 Å². The van der Waals surface area contributed by atoms with E-state index in [1.54, 1.807) is 20.3 Å². The van der Waals surface area contributed by atoms with Crippen LogP contribution >= 0.6 is 11.3 Å². The maximum atomic E-state index is 13.4. The topological polar surface area (TPSA) is 92.8 Å². The minimum absolute atomic E-state index is 0.235. The Morgan fingerprint density at radius 1 is 0.932 bits per heavy atom. The van der Waals surface area contributed by atoms with Crippen LogP contribution in [0.15, 0.2) is 77.7 Å². The highest BCUT2D eigenvalue weighted by atomic mass is 32.1. The number of thiazole rings is 1. The molecule has 6 rings (SSSR count). The van der Waals surface area contributed by atoms with Crippen molar-refractivity contribution in [2.45, 2.75) is 20.3 Å². The van der Waals surface area contributed by atoms with Crippen molar-refractivity contribution in [2.75, 3.05) is 20.8 Å². The molecule has 9 nitrogen and oxygen atoms in total. The van der Waals surface area contributed by atoms with Crippen molar-refractivity contribution in [1.29, 1.82) is 0 Å². The second-order valence-electron chi connectivity index (χ2n) is 10.1. The Balaban J connectivity index is 1.35. The smallest absolute Gasteiger partial charge is 0.291 e. The molecule has 44 heavy (non-hydrogen) atoms. The first kappa shape index (κ1) is 28.9. The van der Waals surface area contributed by atoms with Gasteiger partial charge in [0.15, 0.2) is 17.3 Å². The van der Waals surface area contributed by atoms with Gasteiger partial charge in [-0.15, -0.1) is 5.10 Å². The third-order valence-corrected chi connectivity index (χ3v) is 7.97. The number of benzene rings is 3. The average molecular weight is 606 g/mol. The molecule has 3 aromatic carbocycles. The Hall–Kier alpha value is -5.22. The van der Waals surface area contributed by atoms with Crippen LogP contribution in [-0.2, 0) is 0 Å². The average Bonchev–Trinajstić information content (AvgIpc) is 3.73. The van der Waals surface area contributed by atoms with Crippen LogP contribution in [0.4, 0.5) is 0 Å². The number of rotatable bonds is 10. The van der Waals surface area contributed by atoms with Crippen molar-refractivity contribution in [2.24, 2.45) is 0 Å². The van der Waals surface area contributed by atoms with E-state index in [0.717, 1.165) is 45.8 Å². The zero-order chi connectivity index (χ0) is 30.6. The van der Waals surface area contributed by atoms with Gasteiger partial charge >= 0.3 is 0 Å². The minimum atomic E-state index is -0.235. The van der Waals surface area contributed by atoms with Crippen LogP contribution in [-0.4, -0.2) is 45.2 Å². The molecular weight excluding hydrogens is 574 g/mol. The lowest BCUT2D eigenvalue weighted by Gasteiger charge is -2.10. The molecule has 0 N–H and O–H groups in total. The van der Waals surface area contributed by atoms with E-state index in [0.29, 0.717) is 33.4 Å². The fourth-order valence-electron chi connectivity index (χ4n) is 4.79. The number of hydrogen-bond donors (Lipinski definition) is 0. The molecule has 222 valence electrons. The Kier molecular flexibility index (Phi) is 8.25. The van der Waals surface area contributed by atoms with E-state index in [-0.39, 0.29) is 5.56 Å². The summed E-state index contributed by atoms with van der Waals surface area (Å²) in [4.78, 5) is 18.5. The molecule has 3 aromatic heterocycles. The van der Waals surface area contributed by atoms with Gasteiger partial charge < -0.3 is 14.2 Å². The van der Waals surface area contributed by atoms with Gasteiger partial charge in [0.2, 0.25) is 4.96 Å². The van der Waals surface area contributed by atoms with Gasteiger partial charge in [-0.2, -0.15) is 14.6 Å².